The third kappa shape index (κ3) is 1.26. The van der Waals surface area contributed by atoms with Gasteiger partial charge in [0.05, 0.1) is 18.2 Å². The number of H-pyrrole nitrogens is 1. The van der Waals surface area contributed by atoms with Gasteiger partial charge in [-0.25, -0.2) is 0 Å². The lowest BCUT2D eigenvalue weighted by Crippen LogP contribution is -1.95. The minimum absolute atomic E-state index is 0.379. The Morgan fingerprint density at radius 2 is 2.21 bits per heavy atom. The Kier molecular flexibility index (Phi) is 2.17. The molecule has 0 aliphatic rings. The number of benzene rings is 1. The number of ether oxygens (including phenoxy) is 1. The fraction of sp³-hybridized carbons (Fsp3) is 0.100. The van der Waals surface area contributed by atoms with Crippen LogP contribution in [0.25, 0.3) is 10.9 Å². The number of fused-ring (bicyclic) bond motifs is 1. The lowest BCUT2D eigenvalue weighted by molar-refractivity contribution is 0.107. The molecule has 0 amide bonds. The number of nitrogens with one attached hydrogen (secondary N) is 1. The van der Waals surface area contributed by atoms with Crippen molar-refractivity contribution in [3.63, 3.8) is 0 Å². The number of carbonyl (C=O) groups is 1. The van der Waals surface area contributed by atoms with Crippen LogP contribution in [0.2, 0.25) is 0 Å². The Bertz CT molecular complexity index is 490. The summed E-state index contributed by atoms with van der Waals surface area (Å²) in [6.07, 6.45) is 1.79. The van der Waals surface area contributed by atoms with Crippen molar-refractivity contribution in [1.29, 1.82) is 0 Å². The molecule has 0 atom stereocenters. The second-order valence-corrected chi connectivity index (χ2v) is 3.21. The molecule has 3 nitrogen and oxygen atoms in total. The Balaban J connectivity index is 2.78. The summed E-state index contributed by atoms with van der Waals surface area (Å²) >= 11 is 5.42. The van der Waals surface area contributed by atoms with E-state index in [0.29, 0.717) is 11.3 Å². The monoisotopic (exact) mass is 209 g/mol. The molecule has 0 bridgehead atoms. The van der Waals surface area contributed by atoms with Crippen LogP contribution in [0.3, 0.4) is 0 Å². The van der Waals surface area contributed by atoms with Crippen molar-refractivity contribution in [3.05, 3.63) is 30.0 Å². The van der Waals surface area contributed by atoms with Gasteiger partial charge in [0.1, 0.15) is 0 Å². The highest BCUT2D eigenvalue weighted by Crippen LogP contribution is 2.29. The van der Waals surface area contributed by atoms with Crippen LogP contribution in [0.4, 0.5) is 0 Å². The van der Waals surface area contributed by atoms with Gasteiger partial charge in [-0.05, 0) is 23.7 Å². The van der Waals surface area contributed by atoms with Crippen molar-refractivity contribution in [2.75, 3.05) is 7.11 Å². The van der Waals surface area contributed by atoms with Crippen LogP contribution in [0.5, 0.6) is 5.75 Å². The van der Waals surface area contributed by atoms with E-state index >= 15 is 0 Å². The maximum atomic E-state index is 11.1. The molecule has 0 radical (unpaired) electrons. The largest absolute Gasteiger partial charge is 0.494 e. The number of rotatable bonds is 2. The standard InChI is InChI=1S/C10H8ClNO2/c1-14-9-7(10(11)13)3-2-6-4-5-12-8(6)9/h2-5,12H,1H3. The van der Waals surface area contributed by atoms with Gasteiger partial charge in [0.25, 0.3) is 5.24 Å². The molecule has 0 unspecified atom stereocenters. The molecular weight excluding hydrogens is 202 g/mol. The van der Waals surface area contributed by atoms with Gasteiger partial charge in [0.15, 0.2) is 5.75 Å². The summed E-state index contributed by atoms with van der Waals surface area (Å²) in [7, 11) is 1.51. The second-order valence-electron chi connectivity index (χ2n) is 2.86. The number of aromatic nitrogens is 1. The van der Waals surface area contributed by atoms with Crippen LogP contribution in [0.15, 0.2) is 24.4 Å². The fourth-order valence-electron chi connectivity index (χ4n) is 1.47. The molecule has 0 fully saturated rings. The minimum atomic E-state index is -0.515. The summed E-state index contributed by atoms with van der Waals surface area (Å²) in [4.78, 5) is 14.1. The van der Waals surface area contributed by atoms with Gasteiger partial charge in [-0.2, -0.15) is 0 Å². The predicted octanol–water partition coefficient (Wildman–Crippen LogP) is 2.56. The summed E-state index contributed by atoms with van der Waals surface area (Å²) in [5.41, 5.74) is 1.17. The average Bonchev–Trinajstić information content (AvgIpc) is 2.63. The van der Waals surface area contributed by atoms with Gasteiger partial charge in [-0.1, -0.05) is 6.07 Å². The third-order valence-electron chi connectivity index (χ3n) is 2.10. The summed E-state index contributed by atoms with van der Waals surface area (Å²) in [5, 5.41) is 0.474. The first-order valence-corrected chi connectivity index (χ1v) is 4.45. The van der Waals surface area contributed by atoms with Crippen LogP contribution < -0.4 is 4.74 Å². The normalized spacial score (nSPS) is 10.4. The number of carbonyl (C=O) groups excluding carboxylic acids is 1. The van der Waals surface area contributed by atoms with Gasteiger partial charge in [-0.15, -0.1) is 0 Å². The van der Waals surface area contributed by atoms with E-state index in [-0.39, 0.29) is 0 Å². The van der Waals surface area contributed by atoms with E-state index < -0.39 is 5.24 Å². The molecule has 4 heteroatoms. The zero-order valence-electron chi connectivity index (χ0n) is 7.50. The number of hydrogen-bond donors (Lipinski definition) is 1. The first-order chi connectivity index (χ1) is 6.74. The number of halogens is 1. The predicted molar refractivity (Wildman–Crippen MR) is 55.0 cm³/mol. The molecule has 0 saturated carbocycles. The molecule has 1 aromatic heterocycles. The molecular formula is C10H8ClNO2. The minimum Gasteiger partial charge on any atom is -0.494 e. The maximum absolute atomic E-state index is 11.1. The van der Waals surface area contributed by atoms with Crippen molar-refractivity contribution in [3.8, 4) is 5.75 Å². The molecule has 0 spiro atoms. The van der Waals surface area contributed by atoms with E-state index in [1.165, 1.54) is 7.11 Å². The topological polar surface area (TPSA) is 42.1 Å². The van der Waals surface area contributed by atoms with E-state index in [1.807, 2.05) is 12.1 Å². The first-order valence-electron chi connectivity index (χ1n) is 4.08. The average molecular weight is 210 g/mol. The second kappa shape index (κ2) is 3.35. The van der Waals surface area contributed by atoms with Crippen molar-refractivity contribution < 1.29 is 9.53 Å². The van der Waals surface area contributed by atoms with Crippen LogP contribution in [-0.4, -0.2) is 17.3 Å². The first kappa shape index (κ1) is 9.09. The Labute approximate surface area is 85.6 Å². The van der Waals surface area contributed by atoms with Gasteiger partial charge >= 0.3 is 0 Å². The van der Waals surface area contributed by atoms with Crippen LogP contribution in [0, 0.1) is 0 Å². The van der Waals surface area contributed by atoms with Crippen LogP contribution in [-0.2, 0) is 0 Å². The molecule has 2 rings (SSSR count). The van der Waals surface area contributed by atoms with Gasteiger partial charge in [-0.3, -0.25) is 4.79 Å². The van der Waals surface area contributed by atoms with Crippen LogP contribution >= 0.6 is 11.6 Å². The fourth-order valence-corrected chi connectivity index (χ4v) is 1.62. The van der Waals surface area contributed by atoms with E-state index in [4.69, 9.17) is 16.3 Å². The van der Waals surface area contributed by atoms with E-state index in [9.17, 15) is 4.79 Å². The highest BCUT2D eigenvalue weighted by Gasteiger charge is 2.13. The number of methoxy groups -OCH3 is 1. The molecule has 0 aliphatic carbocycles. The quantitative estimate of drug-likeness (QED) is 0.773. The summed E-state index contributed by atoms with van der Waals surface area (Å²) in [6.45, 7) is 0. The van der Waals surface area contributed by atoms with E-state index in [2.05, 4.69) is 4.98 Å². The Hall–Kier alpha value is -1.48. The van der Waals surface area contributed by atoms with Gasteiger partial charge in [0.2, 0.25) is 0 Å². The summed E-state index contributed by atoms with van der Waals surface area (Å²) in [6, 6.07) is 5.38. The van der Waals surface area contributed by atoms with Crippen molar-refractivity contribution in [1.82, 2.24) is 4.98 Å². The number of hydrogen-bond acceptors (Lipinski definition) is 2. The highest BCUT2D eigenvalue weighted by atomic mass is 35.5. The van der Waals surface area contributed by atoms with Gasteiger partial charge in [0, 0.05) is 11.6 Å². The molecule has 14 heavy (non-hydrogen) atoms. The lowest BCUT2D eigenvalue weighted by Gasteiger charge is -2.05. The number of aromatic amines is 1. The molecule has 1 aromatic carbocycles. The van der Waals surface area contributed by atoms with E-state index in [1.54, 1.807) is 12.3 Å². The molecule has 72 valence electrons. The van der Waals surface area contributed by atoms with Crippen molar-refractivity contribution in [2.45, 2.75) is 0 Å². The molecule has 0 aliphatic heterocycles. The third-order valence-corrected chi connectivity index (χ3v) is 2.30. The van der Waals surface area contributed by atoms with Crippen LogP contribution in [0.1, 0.15) is 10.4 Å². The molecule has 1 N–H and O–H groups in total. The Morgan fingerprint density at radius 3 is 2.86 bits per heavy atom. The zero-order valence-corrected chi connectivity index (χ0v) is 8.26. The van der Waals surface area contributed by atoms with Crippen molar-refractivity contribution >= 4 is 27.7 Å². The van der Waals surface area contributed by atoms with Gasteiger partial charge < -0.3 is 9.72 Å². The Morgan fingerprint density at radius 1 is 1.43 bits per heavy atom. The zero-order chi connectivity index (χ0) is 10.1. The summed E-state index contributed by atoms with van der Waals surface area (Å²) in [5.74, 6) is 0.493. The van der Waals surface area contributed by atoms with Crippen molar-refractivity contribution in [2.24, 2.45) is 0 Å². The maximum Gasteiger partial charge on any atom is 0.256 e. The smallest absolute Gasteiger partial charge is 0.256 e. The molecule has 0 saturated heterocycles. The SMILES string of the molecule is COc1c(C(=O)Cl)ccc2cc[nH]c12. The molecule has 2 aromatic rings. The van der Waals surface area contributed by atoms with E-state index in [0.717, 1.165) is 10.9 Å². The highest BCUT2D eigenvalue weighted by molar-refractivity contribution is 6.68. The lowest BCUT2D eigenvalue weighted by atomic mass is 10.1. The summed E-state index contributed by atoms with van der Waals surface area (Å²) < 4.78 is 5.14. The molecule has 1 heterocycles.